The van der Waals surface area contributed by atoms with Gasteiger partial charge < -0.3 is 10.1 Å². The van der Waals surface area contributed by atoms with E-state index in [4.69, 9.17) is 0 Å². The smallest absolute Gasteiger partial charge is 0.339 e. The van der Waals surface area contributed by atoms with Crippen LogP contribution in [0.25, 0.3) is 22.2 Å². The van der Waals surface area contributed by atoms with Gasteiger partial charge >= 0.3 is 5.97 Å². The van der Waals surface area contributed by atoms with Crippen molar-refractivity contribution in [1.29, 1.82) is 0 Å². The normalized spacial score (nSPS) is 11.2. The van der Waals surface area contributed by atoms with Crippen LogP contribution in [0.1, 0.15) is 21.6 Å². The number of rotatable bonds is 2. The largest absolute Gasteiger partial charge is 0.478 e. The van der Waals surface area contributed by atoms with E-state index in [0.29, 0.717) is 5.69 Å². The Labute approximate surface area is 115 Å². The maximum Gasteiger partial charge on any atom is 0.339 e. The molecule has 0 saturated carbocycles. The molecule has 0 radical (unpaired) electrons. The van der Waals surface area contributed by atoms with E-state index in [1.54, 1.807) is 11.7 Å². The van der Waals surface area contributed by atoms with Crippen LogP contribution in [0.5, 0.6) is 0 Å². The molecule has 0 atom stereocenters. The molecule has 3 rings (SSSR count). The maximum atomic E-state index is 11.4. The number of fused-ring (bicyclic) bond motifs is 1. The van der Waals surface area contributed by atoms with Crippen molar-refractivity contribution in [2.75, 3.05) is 0 Å². The zero-order valence-electron chi connectivity index (χ0n) is 11.6. The van der Waals surface area contributed by atoms with E-state index < -0.39 is 5.97 Å². The highest BCUT2D eigenvalue weighted by Crippen LogP contribution is 2.34. The van der Waals surface area contributed by atoms with Crippen molar-refractivity contribution >= 4 is 16.9 Å². The average molecular weight is 269 g/mol. The second-order valence-corrected chi connectivity index (χ2v) is 5.01. The summed E-state index contributed by atoms with van der Waals surface area (Å²) in [5.74, 6) is -0.964. The van der Waals surface area contributed by atoms with Gasteiger partial charge in [0.25, 0.3) is 0 Å². The van der Waals surface area contributed by atoms with E-state index in [1.807, 2.05) is 26.0 Å². The van der Waals surface area contributed by atoms with E-state index in [0.717, 1.165) is 27.7 Å². The topological polar surface area (TPSA) is 70.9 Å². The van der Waals surface area contributed by atoms with Gasteiger partial charge in [-0.25, -0.2) is 4.79 Å². The Morgan fingerprint density at radius 3 is 2.80 bits per heavy atom. The molecule has 102 valence electrons. The van der Waals surface area contributed by atoms with Crippen LogP contribution in [0.4, 0.5) is 0 Å². The van der Waals surface area contributed by atoms with Crippen LogP contribution in [-0.2, 0) is 7.05 Å². The Morgan fingerprint density at radius 1 is 1.35 bits per heavy atom. The molecular formula is C15H15N3O2. The second kappa shape index (κ2) is 4.23. The Hall–Kier alpha value is -2.56. The first-order chi connectivity index (χ1) is 9.49. The molecule has 2 aromatic heterocycles. The number of hydrogen-bond acceptors (Lipinski definition) is 2. The van der Waals surface area contributed by atoms with Crippen LogP contribution in [0.3, 0.4) is 0 Å². The standard InChI is InChI=1S/C15H15N3O2/c1-8-4-5-10-12(6-8)17-9(2)13(10)14-11(15(19)20)7-16-18(14)3/h4-7,17H,1-3H3,(H,19,20). The third kappa shape index (κ3) is 1.71. The van der Waals surface area contributed by atoms with Gasteiger partial charge in [-0.3, -0.25) is 4.68 Å². The highest BCUT2D eigenvalue weighted by Gasteiger charge is 2.21. The lowest BCUT2D eigenvalue weighted by Crippen LogP contribution is -2.01. The van der Waals surface area contributed by atoms with Gasteiger partial charge in [0.05, 0.1) is 11.9 Å². The number of benzene rings is 1. The first-order valence-corrected chi connectivity index (χ1v) is 6.33. The third-order valence-corrected chi connectivity index (χ3v) is 3.55. The summed E-state index contributed by atoms with van der Waals surface area (Å²) in [5, 5.41) is 14.4. The average Bonchev–Trinajstić information content (AvgIpc) is 2.88. The number of nitrogens with zero attached hydrogens (tertiary/aromatic N) is 2. The molecule has 20 heavy (non-hydrogen) atoms. The van der Waals surface area contributed by atoms with Crippen LogP contribution in [-0.4, -0.2) is 25.8 Å². The van der Waals surface area contributed by atoms with Crippen molar-refractivity contribution in [3.05, 3.63) is 41.2 Å². The Morgan fingerprint density at radius 2 is 2.10 bits per heavy atom. The number of nitrogens with one attached hydrogen (secondary N) is 1. The number of carbonyl (C=O) groups is 1. The molecule has 0 fully saturated rings. The Kier molecular flexibility index (Phi) is 2.64. The summed E-state index contributed by atoms with van der Waals surface area (Å²) in [6, 6.07) is 6.10. The predicted molar refractivity (Wildman–Crippen MR) is 76.9 cm³/mol. The fourth-order valence-electron chi connectivity index (χ4n) is 2.64. The van der Waals surface area contributed by atoms with Crippen molar-refractivity contribution in [3.63, 3.8) is 0 Å². The maximum absolute atomic E-state index is 11.4. The predicted octanol–water partition coefficient (Wildman–Crippen LogP) is 2.88. The van der Waals surface area contributed by atoms with Crippen molar-refractivity contribution in [1.82, 2.24) is 14.8 Å². The summed E-state index contributed by atoms with van der Waals surface area (Å²) in [6.45, 7) is 3.98. The van der Waals surface area contributed by atoms with E-state index in [-0.39, 0.29) is 5.56 Å². The second-order valence-electron chi connectivity index (χ2n) is 5.01. The van der Waals surface area contributed by atoms with E-state index in [2.05, 4.69) is 16.1 Å². The molecule has 0 spiro atoms. The van der Waals surface area contributed by atoms with Gasteiger partial charge in [0.2, 0.25) is 0 Å². The molecule has 0 bridgehead atoms. The molecule has 0 amide bonds. The van der Waals surface area contributed by atoms with Crippen molar-refractivity contribution < 1.29 is 9.90 Å². The number of aromatic amines is 1. The molecule has 5 nitrogen and oxygen atoms in total. The van der Waals surface area contributed by atoms with Crippen LogP contribution in [0, 0.1) is 13.8 Å². The molecule has 2 heterocycles. The minimum atomic E-state index is -0.964. The summed E-state index contributed by atoms with van der Waals surface area (Å²) in [4.78, 5) is 14.7. The van der Waals surface area contributed by atoms with Crippen molar-refractivity contribution in [3.8, 4) is 11.3 Å². The first-order valence-electron chi connectivity index (χ1n) is 6.33. The number of aryl methyl sites for hydroxylation is 3. The minimum absolute atomic E-state index is 0.220. The molecular weight excluding hydrogens is 254 g/mol. The van der Waals surface area contributed by atoms with Gasteiger partial charge in [-0.15, -0.1) is 0 Å². The number of carboxylic acid groups (broad SMARTS) is 1. The number of carboxylic acids is 1. The lowest BCUT2D eigenvalue weighted by atomic mass is 10.0. The SMILES string of the molecule is Cc1ccc2c(-c3c(C(=O)O)cnn3C)c(C)[nH]c2c1. The molecule has 0 aliphatic rings. The third-order valence-electron chi connectivity index (χ3n) is 3.55. The molecule has 5 heteroatoms. The first kappa shape index (κ1) is 12.5. The van der Waals surface area contributed by atoms with Gasteiger partial charge in [0.15, 0.2) is 0 Å². The molecule has 0 unspecified atom stereocenters. The van der Waals surface area contributed by atoms with Gasteiger partial charge in [0, 0.05) is 29.2 Å². The van der Waals surface area contributed by atoms with Crippen molar-refractivity contribution in [2.24, 2.45) is 7.05 Å². The van der Waals surface area contributed by atoms with Gasteiger partial charge in [0.1, 0.15) is 5.56 Å². The van der Waals surface area contributed by atoms with Gasteiger partial charge in [-0.1, -0.05) is 12.1 Å². The minimum Gasteiger partial charge on any atom is -0.478 e. The van der Waals surface area contributed by atoms with E-state index in [9.17, 15) is 9.90 Å². The summed E-state index contributed by atoms with van der Waals surface area (Å²) in [6.07, 6.45) is 1.39. The monoisotopic (exact) mass is 269 g/mol. The highest BCUT2D eigenvalue weighted by molar-refractivity contribution is 6.03. The highest BCUT2D eigenvalue weighted by atomic mass is 16.4. The van der Waals surface area contributed by atoms with Gasteiger partial charge in [-0.2, -0.15) is 5.10 Å². The van der Waals surface area contributed by atoms with Crippen molar-refractivity contribution in [2.45, 2.75) is 13.8 Å². The molecule has 3 aromatic rings. The number of hydrogen-bond donors (Lipinski definition) is 2. The fraction of sp³-hybridized carbons (Fsp3) is 0.200. The number of aromatic nitrogens is 3. The van der Waals surface area contributed by atoms with E-state index in [1.165, 1.54) is 6.20 Å². The molecule has 1 aromatic carbocycles. The Bertz CT molecular complexity index is 827. The molecule has 2 N–H and O–H groups in total. The van der Waals surface area contributed by atoms with E-state index >= 15 is 0 Å². The zero-order valence-corrected chi connectivity index (χ0v) is 11.6. The lowest BCUT2D eigenvalue weighted by molar-refractivity contribution is 0.0697. The summed E-state index contributed by atoms with van der Waals surface area (Å²) in [5.41, 5.74) is 4.86. The van der Waals surface area contributed by atoms with Crippen LogP contribution in [0.15, 0.2) is 24.4 Å². The van der Waals surface area contributed by atoms with Crippen LogP contribution in [0.2, 0.25) is 0 Å². The zero-order chi connectivity index (χ0) is 14.4. The van der Waals surface area contributed by atoms with Gasteiger partial charge in [-0.05, 0) is 25.5 Å². The molecule has 0 aliphatic carbocycles. The quantitative estimate of drug-likeness (QED) is 0.751. The summed E-state index contributed by atoms with van der Waals surface area (Å²) >= 11 is 0. The fourth-order valence-corrected chi connectivity index (χ4v) is 2.64. The number of aromatic carboxylic acids is 1. The summed E-state index contributed by atoms with van der Waals surface area (Å²) in [7, 11) is 1.76. The number of H-pyrrole nitrogens is 1. The van der Waals surface area contributed by atoms with Crippen LogP contribution >= 0.6 is 0 Å². The summed E-state index contributed by atoms with van der Waals surface area (Å²) < 4.78 is 1.61. The molecule has 0 saturated heterocycles. The Balaban J connectivity index is 2.38. The van der Waals surface area contributed by atoms with Crippen LogP contribution < -0.4 is 0 Å². The lowest BCUT2D eigenvalue weighted by Gasteiger charge is -2.05. The molecule has 0 aliphatic heterocycles.